The maximum Gasteiger partial charge on any atom is 0.313 e. The number of halogens is 1. The highest BCUT2D eigenvalue weighted by Gasteiger charge is 2.23. The lowest BCUT2D eigenvalue weighted by atomic mass is 10.1. The fourth-order valence-corrected chi connectivity index (χ4v) is 2.00. The van der Waals surface area contributed by atoms with Crippen molar-refractivity contribution < 1.29 is 24.0 Å². The molecule has 0 aliphatic heterocycles. The van der Waals surface area contributed by atoms with Crippen LogP contribution in [0.2, 0.25) is 0 Å². The molecule has 0 atom stereocenters. The van der Waals surface area contributed by atoms with Gasteiger partial charge in [0.2, 0.25) is 0 Å². The quantitative estimate of drug-likeness (QED) is 0.123. The van der Waals surface area contributed by atoms with Crippen LogP contribution in [0.5, 0.6) is 5.75 Å². The van der Waals surface area contributed by atoms with Crippen LogP contribution in [-0.4, -0.2) is 35.8 Å². The number of nitro benzene ring substituents is 1. The molecule has 0 unspecified atom stereocenters. The monoisotopic (exact) mass is 343 g/mol. The topological polar surface area (TPSA) is 95.7 Å². The molecule has 0 N–H and O–H groups in total. The number of benzene rings is 1. The molecule has 0 radical (unpaired) electrons. The predicted octanol–water partition coefficient (Wildman–Crippen LogP) is 3.13. The number of alkyl halides is 1. The summed E-state index contributed by atoms with van der Waals surface area (Å²) in [4.78, 5) is 33.8. The van der Waals surface area contributed by atoms with E-state index in [0.29, 0.717) is 18.2 Å². The number of esters is 1. The molecule has 0 aromatic heterocycles. The summed E-state index contributed by atoms with van der Waals surface area (Å²) in [5, 5.41) is 11.1. The normalized spacial score (nSPS) is 10.2. The van der Waals surface area contributed by atoms with Crippen molar-refractivity contribution in [1.82, 2.24) is 0 Å². The Morgan fingerprint density at radius 2 is 2.04 bits per heavy atom. The largest absolute Gasteiger partial charge is 0.493 e. The van der Waals surface area contributed by atoms with Gasteiger partial charge in [-0.15, -0.1) is 11.6 Å². The van der Waals surface area contributed by atoms with E-state index in [-0.39, 0.29) is 12.2 Å². The summed E-state index contributed by atoms with van der Waals surface area (Å²) >= 11 is 5.55. The Labute approximate surface area is 138 Å². The fraction of sp³-hybridized carbons (Fsp3) is 0.467. The predicted molar refractivity (Wildman–Crippen MR) is 84.1 cm³/mol. The molecular weight excluding hydrogens is 326 g/mol. The molecule has 0 aliphatic carbocycles. The van der Waals surface area contributed by atoms with E-state index in [1.54, 1.807) is 6.92 Å². The number of nitrogens with zero attached hydrogens (tertiary/aromatic N) is 1. The van der Waals surface area contributed by atoms with E-state index in [2.05, 4.69) is 4.74 Å². The van der Waals surface area contributed by atoms with Gasteiger partial charge in [-0.25, -0.2) is 0 Å². The van der Waals surface area contributed by atoms with Crippen LogP contribution >= 0.6 is 11.6 Å². The lowest BCUT2D eigenvalue weighted by Crippen LogP contribution is -2.13. The van der Waals surface area contributed by atoms with Gasteiger partial charge in [0.15, 0.2) is 5.78 Å². The first-order valence-electron chi connectivity index (χ1n) is 7.15. The summed E-state index contributed by atoms with van der Waals surface area (Å²) in [5.41, 5.74) is -0.537. The number of hydrogen-bond donors (Lipinski definition) is 0. The van der Waals surface area contributed by atoms with Crippen LogP contribution in [0.1, 0.15) is 36.5 Å². The SMILES string of the molecule is CCOC(=O)CC(=O)c1ccc(OCCCCCl)cc1[N+](=O)[O-]. The highest BCUT2D eigenvalue weighted by atomic mass is 35.5. The lowest BCUT2D eigenvalue weighted by Gasteiger charge is -2.07. The van der Waals surface area contributed by atoms with Crippen LogP contribution in [0.25, 0.3) is 0 Å². The number of ether oxygens (including phenoxy) is 2. The minimum atomic E-state index is -0.715. The minimum absolute atomic E-state index is 0.142. The zero-order chi connectivity index (χ0) is 17.2. The Balaban J connectivity index is 2.85. The van der Waals surface area contributed by atoms with Crippen LogP contribution in [0.3, 0.4) is 0 Å². The van der Waals surface area contributed by atoms with Gasteiger partial charge < -0.3 is 9.47 Å². The third kappa shape index (κ3) is 6.23. The first-order chi connectivity index (χ1) is 11.0. The van der Waals surface area contributed by atoms with Gasteiger partial charge in [-0.2, -0.15) is 0 Å². The number of unbranched alkanes of at least 4 members (excludes halogenated alkanes) is 1. The maximum atomic E-state index is 12.0. The van der Waals surface area contributed by atoms with Crippen LogP contribution in [-0.2, 0) is 9.53 Å². The van der Waals surface area contributed by atoms with Crippen molar-refractivity contribution in [3.8, 4) is 5.75 Å². The second-order valence-corrected chi connectivity index (χ2v) is 4.96. The third-order valence-electron chi connectivity index (χ3n) is 2.87. The van der Waals surface area contributed by atoms with Gasteiger partial charge >= 0.3 is 5.97 Å². The van der Waals surface area contributed by atoms with E-state index < -0.39 is 28.8 Å². The maximum absolute atomic E-state index is 12.0. The number of Topliss-reactive ketones (excluding diaryl/α,β-unsaturated/α-hetero) is 1. The van der Waals surface area contributed by atoms with Gasteiger partial charge in [0.1, 0.15) is 12.2 Å². The third-order valence-corrected chi connectivity index (χ3v) is 3.14. The smallest absolute Gasteiger partial charge is 0.313 e. The van der Waals surface area contributed by atoms with Crippen molar-refractivity contribution in [2.24, 2.45) is 0 Å². The van der Waals surface area contributed by atoms with Gasteiger partial charge in [0.25, 0.3) is 5.69 Å². The molecule has 0 bridgehead atoms. The number of nitro groups is 1. The Hall–Kier alpha value is -2.15. The molecule has 7 nitrogen and oxygen atoms in total. The highest BCUT2D eigenvalue weighted by molar-refractivity contribution is 6.17. The van der Waals surface area contributed by atoms with Crippen LogP contribution in [0.4, 0.5) is 5.69 Å². The van der Waals surface area contributed by atoms with Crippen molar-refractivity contribution in [2.45, 2.75) is 26.2 Å². The van der Waals surface area contributed by atoms with Crippen LogP contribution < -0.4 is 4.74 Å². The summed E-state index contributed by atoms with van der Waals surface area (Å²) in [6.45, 7) is 2.13. The molecule has 0 amide bonds. The van der Waals surface area contributed by atoms with Crippen molar-refractivity contribution in [2.75, 3.05) is 19.1 Å². The number of hydrogen-bond acceptors (Lipinski definition) is 6. The first kappa shape index (κ1) is 18.9. The van der Waals surface area contributed by atoms with Gasteiger partial charge in [-0.1, -0.05) is 0 Å². The standard InChI is InChI=1S/C15H18ClNO6/c1-2-22-15(19)10-14(18)12-6-5-11(9-13(12)17(20)21)23-8-4-3-7-16/h5-6,9H,2-4,7-8,10H2,1H3. The van der Waals surface area contributed by atoms with Gasteiger partial charge in [-0.3, -0.25) is 19.7 Å². The van der Waals surface area contributed by atoms with E-state index in [9.17, 15) is 19.7 Å². The molecule has 0 saturated carbocycles. The van der Waals surface area contributed by atoms with Gasteiger partial charge in [0.05, 0.1) is 29.8 Å². The Morgan fingerprint density at radius 3 is 2.65 bits per heavy atom. The molecule has 0 saturated heterocycles. The highest BCUT2D eigenvalue weighted by Crippen LogP contribution is 2.26. The van der Waals surface area contributed by atoms with Crippen molar-refractivity contribution in [3.05, 3.63) is 33.9 Å². The second-order valence-electron chi connectivity index (χ2n) is 4.59. The summed E-state index contributed by atoms with van der Waals surface area (Å²) in [6.07, 6.45) is 0.963. The Morgan fingerprint density at radius 1 is 1.30 bits per heavy atom. The molecule has 0 spiro atoms. The molecule has 1 aromatic carbocycles. The number of rotatable bonds is 10. The molecule has 0 heterocycles. The number of ketones is 1. The Kier molecular flexibility index (Phi) is 8.04. The van der Waals surface area contributed by atoms with Gasteiger partial charge in [-0.05, 0) is 31.9 Å². The summed E-state index contributed by atoms with van der Waals surface area (Å²) in [5.74, 6) is -0.568. The molecule has 23 heavy (non-hydrogen) atoms. The summed E-state index contributed by atoms with van der Waals surface area (Å²) < 4.78 is 10.1. The average molecular weight is 344 g/mol. The minimum Gasteiger partial charge on any atom is -0.493 e. The zero-order valence-corrected chi connectivity index (χ0v) is 13.5. The fourth-order valence-electron chi connectivity index (χ4n) is 1.81. The van der Waals surface area contributed by atoms with Gasteiger partial charge in [0, 0.05) is 5.88 Å². The van der Waals surface area contributed by atoms with E-state index >= 15 is 0 Å². The molecule has 0 fully saturated rings. The second kappa shape index (κ2) is 9.78. The molecule has 0 aliphatic rings. The number of carbonyl (C=O) groups is 2. The van der Waals surface area contributed by atoms with E-state index in [0.717, 1.165) is 12.8 Å². The van der Waals surface area contributed by atoms with Crippen molar-refractivity contribution in [1.29, 1.82) is 0 Å². The molecule has 126 valence electrons. The molecular formula is C15H18ClNO6. The van der Waals surface area contributed by atoms with Crippen molar-refractivity contribution in [3.63, 3.8) is 0 Å². The Bertz CT molecular complexity index is 575. The molecule has 8 heteroatoms. The zero-order valence-electron chi connectivity index (χ0n) is 12.7. The van der Waals surface area contributed by atoms with Crippen LogP contribution in [0, 0.1) is 10.1 Å². The summed E-state index contributed by atoms with van der Waals surface area (Å²) in [7, 11) is 0. The average Bonchev–Trinajstić information content (AvgIpc) is 2.51. The van der Waals surface area contributed by atoms with Crippen LogP contribution in [0.15, 0.2) is 18.2 Å². The van der Waals surface area contributed by atoms with Crippen molar-refractivity contribution >= 4 is 29.0 Å². The molecule has 1 aromatic rings. The molecule has 1 rings (SSSR count). The lowest BCUT2D eigenvalue weighted by molar-refractivity contribution is -0.385. The van der Waals surface area contributed by atoms with E-state index in [1.807, 2.05) is 0 Å². The summed E-state index contributed by atoms with van der Waals surface area (Å²) in [6, 6.07) is 3.93. The number of carbonyl (C=O) groups excluding carboxylic acids is 2. The first-order valence-corrected chi connectivity index (χ1v) is 7.69. The van der Waals surface area contributed by atoms with E-state index in [4.69, 9.17) is 16.3 Å². The van der Waals surface area contributed by atoms with E-state index in [1.165, 1.54) is 18.2 Å².